The number of halogens is 1. The molecule has 1 aliphatic heterocycles. The molecule has 4 heteroatoms. The van der Waals surface area contributed by atoms with Crippen LogP contribution >= 0.6 is 0 Å². The summed E-state index contributed by atoms with van der Waals surface area (Å²) in [6.45, 7) is 0. The van der Waals surface area contributed by atoms with E-state index in [0.717, 1.165) is 36.9 Å². The van der Waals surface area contributed by atoms with E-state index in [2.05, 4.69) is 41.4 Å². The first-order chi connectivity index (χ1) is 13.7. The maximum atomic E-state index is 13.4. The van der Waals surface area contributed by atoms with E-state index < -0.39 is 0 Å². The molecule has 1 aromatic heterocycles. The Balaban J connectivity index is 1.65. The second-order valence-corrected chi connectivity index (χ2v) is 7.19. The van der Waals surface area contributed by atoms with Crippen LogP contribution in [0.5, 0.6) is 0 Å². The maximum Gasteiger partial charge on any atom is 0.123 e. The number of nitrogens with zero attached hydrogens (tertiary/aromatic N) is 3. The fourth-order valence-corrected chi connectivity index (χ4v) is 3.87. The molecule has 1 atom stereocenters. The fraction of sp³-hybridized carbons (Fsp3) is 0.250. The highest BCUT2D eigenvalue weighted by Crippen LogP contribution is 2.35. The second kappa shape index (κ2) is 8.34. The van der Waals surface area contributed by atoms with Gasteiger partial charge in [0.2, 0.25) is 0 Å². The predicted octanol–water partition coefficient (Wildman–Crippen LogP) is 5.47. The molecule has 28 heavy (non-hydrogen) atoms. The minimum atomic E-state index is -0.228. The Bertz CT molecular complexity index is 985. The molecule has 2 heterocycles. The molecule has 0 radical (unpaired) electrons. The second-order valence-electron chi connectivity index (χ2n) is 7.19. The minimum absolute atomic E-state index is 0.228. The molecule has 1 unspecified atom stereocenters. The number of allylic oxidation sites excluding steroid dienone is 1. The molecule has 4 rings (SSSR count). The smallest absolute Gasteiger partial charge is 0.123 e. The van der Waals surface area contributed by atoms with Gasteiger partial charge in [0.25, 0.3) is 0 Å². The standard InChI is InChI=1S/C24H24FN3/c1-28-22(9-5-8-18-6-3-2-4-7-18)23(19-14-16-26-17-15-19)24(27-28)20-10-12-21(25)13-11-20/h2-4,6-7,10-14,16-17,19H,5,8-9,15H2,1H3. The van der Waals surface area contributed by atoms with Crippen LogP contribution in [-0.2, 0) is 19.9 Å². The number of aliphatic imine (C=N–C) groups is 1. The van der Waals surface area contributed by atoms with Gasteiger partial charge in [-0.05, 0) is 55.5 Å². The Morgan fingerprint density at radius 3 is 2.54 bits per heavy atom. The Morgan fingerprint density at radius 2 is 1.82 bits per heavy atom. The van der Waals surface area contributed by atoms with Crippen molar-refractivity contribution < 1.29 is 4.39 Å². The number of benzene rings is 2. The van der Waals surface area contributed by atoms with Crippen molar-refractivity contribution in [1.29, 1.82) is 0 Å². The van der Waals surface area contributed by atoms with Crippen LogP contribution in [0.4, 0.5) is 4.39 Å². The van der Waals surface area contributed by atoms with E-state index in [4.69, 9.17) is 5.10 Å². The van der Waals surface area contributed by atoms with Gasteiger partial charge in [-0.2, -0.15) is 5.10 Å². The summed E-state index contributed by atoms with van der Waals surface area (Å²) in [6, 6.07) is 17.2. The molecule has 0 saturated heterocycles. The lowest BCUT2D eigenvalue weighted by Gasteiger charge is -2.16. The van der Waals surface area contributed by atoms with Gasteiger partial charge in [0.15, 0.2) is 0 Å². The lowest BCUT2D eigenvalue weighted by atomic mass is 9.89. The number of hydrogen-bond acceptors (Lipinski definition) is 2. The number of aryl methyl sites for hydroxylation is 2. The largest absolute Gasteiger partial charge is 0.272 e. The van der Waals surface area contributed by atoms with E-state index in [9.17, 15) is 4.39 Å². The molecule has 0 amide bonds. The van der Waals surface area contributed by atoms with Gasteiger partial charge in [-0.3, -0.25) is 9.67 Å². The van der Waals surface area contributed by atoms with E-state index in [-0.39, 0.29) is 11.7 Å². The third kappa shape index (κ3) is 3.96. The van der Waals surface area contributed by atoms with E-state index >= 15 is 0 Å². The monoisotopic (exact) mass is 373 g/mol. The first-order valence-electron chi connectivity index (χ1n) is 9.76. The van der Waals surface area contributed by atoms with Crippen LogP contribution in [0.15, 0.2) is 71.9 Å². The SMILES string of the molecule is Cn1nc(-c2ccc(F)cc2)c(C2C=CN=CC2)c1CCCc1ccccc1. The summed E-state index contributed by atoms with van der Waals surface area (Å²) in [5.74, 6) is 0.0204. The van der Waals surface area contributed by atoms with Gasteiger partial charge in [-0.25, -0.2) is 4.39 Å². The topological polar surface area (TPSA) is 30.2 Å². The summed E-state index contributed by atoms with van der Waals surface area (Å²) in [5.41, 5.74) is 5.75. The summed E-state index contributed by atoms with van der Waals surface area (Å²) < 4.78 is 15.4. The average molecular weight is 373 g/mol. The quantitative estimate of drug-likeness (QED) is 0.563. The van der Waals surface area contributed by atoms with Crippen molar-refractivity contribution in [3.63, 3.8) is 0 Å². The van der Waals surface area contributed by atoms with Crippen LogP contribution in [0.1, 0.15) is 35.6 Å². The Labute approximate surface area is 165 Å². The molecule has 2 aromatic carbocycles. The van der Waals surface area contributed by atoms with Crippen molar-refractivity contribution in [3.8, 4) is 11.3 Å². The highest BCUT2D eigenvalue weighted by Gasteiger charge is 2.23. The van der Waals surface area contributed by atoms with Crippen LogP contribution in [0.2, 0.25) is 0 Å². The minimum Gasteiger partial charge on any atom is -0.272 e. The van der Waals surface area contributed by atoms with E-state index in [0.29, 0.717) is 0 Å². The molecule has 142 valence electrons. The van der Waals surface area contributed by atoms with Gasteiger partial charge < -0.3 is 0 Å². The van der Waals surface area contributed by atoms with Gasteiger partial charge in [0.1, 0.15) is 5.82 Å². The van der Waals surface area contributed by atoms with E-state index in [1.807, 2.05) is 36.3 Å². The number of aromatic nitrogens is 2. The summed E-state index contributed by atoms with van der Waals surface area (Å²) in [7, 11) is 2.01. The molecule has 0 saturated carbocycles. The van der Waals surface area contributed by atoms with Crippen LogP contribution in [0, 0.1) is 5.82 Å². The van der Waals surface area contributed by atoms with Crippen LogP contribution in [-0.4, -0.2) is 16.0 Å². The van der Waals surface area contributed by atoms with Crippen molar-refractivity contribution in [2.75, 3.05) is 0 Å². The summed E-state index contributed by atoms with van der Waals surface area (Å²) in [6.07, 6.45) is 9.88. The van der Waals surface area contributed by atoms with Crippen molar-refractivity contribution in [2.24, 2.45) is 12.0 Å². The predicted molar refractivity (Wildman–Crippen MR) is 112 cm³/mol. The normalized spacial score (nSPS) is 15.9. The first kappa shape index (κ1) is 18.4. The van der Waals surface area contributed by atoms with Crippen LogP contribution in [0.25, 0.3) is 11.3 Å². The Hall–Kier alpha value is -3.01. The molecule has 0 fully saturated rings. The summed E-state index contributed by atoms with van der Waals surface area (Å²) in [4.78, 5) is 4.22. The molecule has 0 aliphatic carbocycles. The molecular weight excluding hydrogens is 349 g/mol. The van der Waals surface area contributed by atoms with Gasteiger partial charge in [-0.15, -0.1) is 0 Å². The maximum absolute atomic E-state index is 13.4. The summed E-state index contributed by atoms with van der Waals surface area (Å²) >= 11 is 0. The average Bonchev–Trinajstić information content (AvgIpc) is 3.06. The molecule has 0 bridgehead atoms. The van der Waals surface area contributed by atoms with Crippen LogP contribution < -0.4 is 0 Å². The van der Waals surface area contributed by atoms with Gasteiger partial charge in [0, 0.05) is 42.2 Å². The zero-order valence-electron chi connectivity index (χ0n) is 16.1. The lowest BCUT2D eigenvalue weighted by Crippen LogP contribution is -2.06. The van der Waals surface area contributed by atoms with Gasteiger partial charge in [-0.1, -0.05) is 36.4 Å². The Kier molecular flexibility index (Phi) is 5.47. The van der Waals surface area contributed by atoms with Crippen molar-refractivity contribution in [3.05, 3.63) is 89.5 Å². The molecule has 3 aromatic rings. The first-order valence-corrected chi connectivity index (χ1v) is 9.76. The summed E-state index contributed by atoms with van der Waals surface area (Å²) in [5, 5.41) is 4.83. The third-order valence-electron chi connectivity index (χ3n) is 5.29. The highest BCUT2D eigenvalue weighted by molar-refractivity contribution is 5.69. The van der Waals surface area contributed by atoms with E-state index in [1.165, 1.54) is 29.0 Å². The molecule has 0 spiro atoms. The van der Waals surface area contributed by atoms with Crippen molar-refractivity contribution >= 4 is 6.21 Å². The fourth-order valence-electron chi connectivity index (χ4n) is 3.87. The molecule has 1 aliphatic rings. The zero-order valence-corrected chi connectivity index (χ0v) is 16.1. The highest BCUT2D eigenvalue weighted by atomic mass is 19.1. The number of rotatable bonds is 6. The third-order valence-corrected chi connectivity index (χ3v) is 5.29. The number of hydrogen-bond donors (Lipinski definition) is 0. The van der Waals surface area contributed by atoms with Crippen molar-refractivity contribution in [1.82, 2.24) is 9.78 Å². The molecule has 3 nitrogen and oxygen atoms in total. The molecular formula is C24H24FN3. The Morgan fingerprint density at radius 1 is 1.04 bits per heavy atom. The van der Waals surface area contributed by atoms with Crippen LogP contribution in [0.3, 0.4) is 0 Å². The molecule has 0 N–H and O–H groups in total. The lowest BCUT2D eigenvalue weighted by molar-refractivity contribution is 0.628. The van der Waals surface area contributed by atoms with Crippen molar-refractivity contribution in [2.45, 2.75) is 31.6 Å². The van der Waals surface area contributed by atoms with Gasteiger partial charge in [0.05, 0.1) is 5.69 Å². The zero-order chi connectivity index (χ0) is 19.3. The van der Waals surface area contributed by atoms with Gasteiger partial charge >= 0.3 is 0 Å². The van der Waals surface area contributed by atoms with E-state index in [1.54, 1.807) is 0 Å².